The number of carboxylic acid groups (broad SMARTS) is 1. The largest absolute Gasteiger partial charge is 0.478 e. The van der Waals surface area contributed by atoms with Crippen LogP contribution in [0.2, 0.25) is 0 Å². The minimum atomic E-state index is -1.00. The van der Waals surface area contributed by atoms with Crippen molar-refractivity contribution in [3.8, 4) is 11.3 Å². The summed E-state index contributed by atoms with van der Waals surface area (Å²) in [6, 6.07) is 9.68. The molecule has 4 rings (SSSR count). The molecule has 0 aliphatic carbocycles. The zero-order chi connectivity index (χ0) is 21.4. The number of amidine groups is 2. The standard InChI is InChI=1S/C21H18N4O4S/c1-11(2)9-17-24-25-18(22)15(19(26)23-21(25)30-17)10-14-7-8-16(29-14)12-3-5-13(6-4-12)20(27)28/h3-8,10-11,22H,9H2,1-2H3,(H,27,28)/b15-10-,22-18?. The Balaban J connectivity index is 1.58. The zero-order valence-corrected chi connectivity index (χ0v) is 17.1. The van der Waals surface area contributed by atoms with Gasteiger partial charge in [0, 0.05) is 12.0 Å². The Labute approximate surface area is 176 Å². The second-order valence-corrected chi connectivity index (χ2v) is 8.24. The van der Waals surface area contributed by atoms with E-state index in [1.807, 2.05) is 0 Å². The lowest BCUT2D eigenvalue weighted by molar-refractivity contribution is -0.114. The summed E-state index contributed by atoms with van der Waals surface area (Å²) in [5.74, 6) is -0.239. The first-order chi connectivity index (χ1) is 14.3. The van der Waals surface area contributed by atoms with Crippen LogP contribution in [0.5, 0.6) is 0 Å². The second kappa shape index (κ2) is 7.75. The molecule has 0 fully saturated rings. The number of aromatic carboxylic acids is 1. The first kappa shape index (κ1) is 19.8. The van der Waals surface area contributed by atoms with Crippen LogP contribution in [0.1, 0.15) is 36.4 Å². The number of carbonyl (C=O) groups excluding carboxylic acids is 1. The van der Waals surface area contributed by atoms with Gasteiger partial charge in [0.2, 0.25) is 5.17 Å². The minimum absolute atomic E-state index is 0.0417. The average Bonchev–Trinajstić information content (AvgIpc) is 3.31. The predicted molar refractivity (Wildman–Crippen MR) is 116 cm³/mol. The molecule has 3 heterocycles. The molecule has 0 bridgehead atoms. The smallest absolute Gasteiger partial charge is 0.335 e. The maximum atomic E-state index is 12.5. The minimum Gasteiger partial charge on any atom is -0.478 e. The van der Waals surface area contributed by atoms with Crippen molar-refractivity contribution in [2.45, 2.75) is 20.3 Å². The van der Waals surface area contributed by atoms with Gasteiger partial charge in [-0.25, -0.2) is 4.79 Å². The third kappa shape index (κ3) is 3.84. The molecule has 2 aromatic rings. The van der Waals surface area contributed by atoms with Crippen molar-refractivity contribution in [1.29, 1.82) is 5.41 Å². The van der Waals surface area contributed by atoms with Crippen LogP contribution in [0.3, 0.4) is 0 Å². The van der Waals surface area contributed by atoms with Crippen LogP contribution in [0, 0.1) is 11.3 Å². The molecule has 0 saturated carbocycles. The third-order valence-electron chi connectivity index (χ3n) is 4.41. The van der Waals surface area contributed by atoms with E-state index in [1.165, 1.54) is 35.0 Å². The molecular formula is C21H18N4O4S. The van der Waals surface area contributed by atoms with E-state index >= 15 is 0 Å². The fourth-order valence-corrected chi connectivity index (χ4v) is 4.07. The van der Waals surface area contributed by atoms with E-state index in [2.05, 4.69) is 23.9 Å². The van der Waals surface area contributed by atoms with Gasteiger partial charge in [0.05, 0.1) is 11.1 Å². The van der Waals surface area contributed by atoms with Gasteiger partial charge in [-0.3, -0.25) is 10.2 Å². The van der Waals surface area contributed by atoms with E-state index in [-0.39, 0.29) is 17.0 Å². The highest BCUT2D eigenvalue weighted by Gasteiger charge is 2.35. The molecule has 0 unspecified atom stereocenters. The van der Waals surface area contributed by atoms with Crippen LogP contribution in [0.4, 0.5) is 0 Å². The number of nitrogens with zero attached hydrogens (tertiary/aromatic N) is 3. The molecule has 0 radical (unpaired) electrons. The Hall–Kier alpha value is -3.46. The summed E-state index contributed by atoms with van der Waals surface area (Å²) in [6.07, 6.45) is 2.23. The van der Waals surface area contributed by atoms with Gasteiger partial charge in [0.15, 0.2) is 5.84 Å². The van der Waals surface area contributed by atoms with Crippen molar-refractivity contribution in [1.82, 2.24) is 5.01 Å². The first-order valence-corrected chi connectivity index (χ1v) is 10.1. The zero-order valence-electron chi connectivity index (χ0n) is 16.2. The number of amides is 1. The summed E-state index contributed by atoms with van der Waals surface area (Å²) in [6.45, 7) is 4.15. The Morgan fingerprint density at radius 2 is 2.00 bits per heavy atom. The van der Waals surface area contributed by atoms with Gasteiger partial charge in [0.25, 0.3) is 5.91 Å². The van der Waals surface area contributed by atoms with Gasteiger partial charge in [-0.1, -0.05) is 26.0 Å². The molecule has 0 saturated heterocycles. The van der Waals surface area contributed by atoms with E-state index in [0.29, 0.717) is 28.2 Å². The van der Waals surface area contributed by atoms with Crippen LogP contribution < -0.4 is 0 Å². The fourth-order valence-electron chi connectivity index (χ4n) is 2.97. The maximum absolute atomic E-state index is 12.5. The first-order valence-electron chi connectivity index (χ1n) is 9.24. The lowest BCUT2D eigenvalue weighted by Gasteiger charge is -2.19. The number of aliphatic imine (C=N–C) groups is 1. The van der Waals surface area contributed by atoms with Crippen molar-refractivity contribution >= 4 is 45.8 Å². The van der Waals surface area contributed by atoms with Crippen LogP contribution in [-0.2, 0) is 4.79 Å². The molecule has 1 aromatic heterocycles. The summed E-state index contributed by atoms with van der Waals surface area (Å²) < 4.78 is 5.77. The normalized spacial score (nSPS) is 17.4. The molecule has 30 heavy (non-hydrogen) atoms. The van der Waals surface area contributed by atoms with Crippen molar-refractivity contribution < 1.29 is 19.1 Å². The van der Waals surface area contributed by atoms with E-state index in [1.54, 1.807) is 24.3 Å². The molecule has 0 spiro atoms. The summed E-state index contributed by atoms with van der Waals surface area (Å²) in [5, 5.41) is 24.4. The number of furan rings is 1. The van der Waals surface area contributed by atoms with Gasteiger partial charge in [-0.2, -0.15) is 15.1 Å². The van der Waals surface area contributed by atoms with Crippen LogP contribution >= 0.6 is 11.8 Å². The number of hydrogen-bond donors (Lipinski definition) is 2. The van der Waals surface area contributed by atoms with Gasteiger partial charge in [0.1, 0.15) is 16.6 Å². The average molecular weight is 422 g/mol. The highest BCUT2D eigenvalue weighted by molar-refractivity contribution is 8.26. The number of carboxylic acids is 1. The SMILES string of the molecule is CC(C)CC1=NN2C(=N)/C(=C/c3ccc(-c4ccc(C(=O)O)cc4)o3)C(=O)N=C2S1. The van der Waals surface area contributed by atoms with E-state index in [4.69, 9.17) is 14.9 Å². The van der Waals surface area contributed by atoms with E-state index in [9.17, 15) is 9.59 Å². The van der Waals surface area contributed by atoms with Crippen LogP contribution in [0.25, 0.3) is 17.4 Å². The lowest BCUT2D eigenvalue weighted by atomic mass is 10.1. The summed E-state index contributed by atoms with van der Waals surface area (Å²) in [4.78, 5) is 27.5. The number of hydrogen-bond acceptors (Lipinski definition) is 6. The Bertz CT molecular complexity index is 1140. The van der Waals surface area contributed by atoms with Crippen molar-refractivity contribution in [3.63, 3.8) is 0 Å². The highest BCUT2D eigenvalue weighted by atomic mass is 32.2. The molecule has 2 N–H and O–H groups in total. The molecule has 152 valence electrons. The van der Waals surface area contributed by atoms with Crippen LogP contribution in [0.15, 0.2) is 56.5 Å². The summed E-state index contributed by atoms with van der Waals surface area (Å²) >= 11 is 1.32. The third-order valence-corrected chi connectivity index (χ3v) is 5.34. The number of nitrogens with one attached hydrogen (secondary N) is 1. The number of thioether (sulfide) groups is 1. The predicted octanol–water partition coefficient (Wildman–Crippen LogP) is 4.31. The summed E-state index contributed by atoms with van der Waals surface area (Å²) in [7, 11) is 0. The molecule has 1 aromatic carbocycles. The van der Waals surface area contributed by atoms with Gasteiger partial charge in [-0.05, 0) is 48.0 Å². The molecule has 9 heteroatoms. The number of hydrazone groups is 1. The Morgan fingerprint density at radius 3 is 2.67 bits per heavy atom. The van der Waals surface area contributed by atoms with Gasteiger partial charge < -0.3 is 9.52 Å². The molecule has 2 aliphatic rings. The number of benzene rings is 1. The molecule has 0 atom stereocenters. The van der Waals surface area contributed by atoms with Crippen molar-refractivity contribution in [2.75, 3.05) is 0 Å². The van der Waals surface area contributed by atoms with Gasteiger partial charge >= 0.3 is 5.97 Å². The fraction of sp³-hybridized carbons (Fsp3) is 0.190. The van der Waals surface area contributed by atoms with Crippen molar-refractivity contribution in [3.05, 3.63) is 53.3 Å². The van der Waals surface area contributed by atoms with Crippen LogP contribution in [-0.4, -0.2) is 38.0 Å². The lowest BCUT2D eigenvalue weighted by Crippen LogP contribution is -2.35. The second-order valence-electron chi connectivity index (χ2n) is 7.20. The van der Waals surface area contributed by atoms with E-state index < -0.39 is 11.9 Å². The van der Waals surface area contributed by atoms with Crippen molar-refractivity contribution in [2.24, 2.45) is 16.0 Å². The monoisotopic (exact) mass is 422 g/mol. The Kier molecular flexibility index (Phi) is 5.13. The highest BCUT2D eigenvalue weighted by Crippen LogP contribution is 2.31. The molecule has 1 amide bonds. The number of fused-ring (bicyclic) bond motifs is 1. The molecule has 8 nitrogen and oxygen atoms in total. The number of rotatable bonds is 5. The number of carbonyl (C=O) groups is 2. The van der Waals surface area contributed by atoms with E-state index in [0.717, 1.165) is 11.5 Å². The quantitative estimate of drug-likeness (QED) is 0.693. The molecule has 2 aliphatic heterocycles. The maximum Gasteiger partial charge on any atom is 0.335 e. The van der Waals surface area contributed by atoms with Gasteiger partial charge in [-0.15, -0.1) is 0 Å². The topological polar surface area (TPSA) is 119 Å². The summed E-state index contributed by atoms with van der Waals surface area (Å²) in [5.41, 5.74) is 0.980. The Morgan fingerprint density at radius 1 is 1.27 bits per heavy atom. The molecular weight excluding hydrogens is 404 g/mol.